The summed E-state index contributed by atoms with van der Waals surface area (Å²) in [5, 5.41) is 11.8. The van der Waals surface area contributed by atoms with Crippen LogP contribution >= 0.6 is 0 Å². The largest absolute Gasteiger partial charge is 0.480 e. The molecule has 4 heteroatoms. The van der Waals surface area contributed by atoms with E-state index in [4.69, 9.17) is 5.11 Å². The third kappa shape index (κ3) is 5.45. The van der Waals surface area contributed by atoms with E-state index in [2.05, 4.69) is 5.32 Å². The number of rotatable bonds is 6. The number of carbonyl (C=O) groups is 1. The van der Waals surface area contributed by atoms with E-state index in [-0.39, 0.29) is 6.42 Å². The smallest absolute Gasteiger partial charge is 0.320 e. The fraction of sp³-hybridized carbons (Fsp3) is 0.462. The van der Waals surface area contributed by atoms with Gasteiger partial charge in [0.05, 0.1) is 0 Å². The summed E-state index contributed by atoms with van der Waals surface area (Å²) in [6, 6.07) is 8.58. The standard InChI is InChI=1S/C13H18FNO2/c1-13(2,14)8-11(12(16)17)15-9-10-6-4-3-5-7-10/h3-7,11,15H,8-9H2,1-2H3,(H,16,17)/t11-/m0/s1. The van der Waals surface area contributed by atoms with E-state index in [1.165, 1.54) is 13.8 Å². The molecule has 2 N–H and O–H groups in total. The van der Waals surface area contributed by atoms with Gasteiger partial charge in [-0.3, -0.25) is 4.79 Å². The molecule has 0 fully saturated rings. The second-order valence-electron chi connectivity index (χ2n) is 4.68. The molecule has 0 heterocycles. The normalized spacial score (nSPS) is 13.4. The second kappa shape index (κ2) is 5.77. The Morgan fingerprint density at radius 1 is 1.41 bits per heavy atom. The zero-order chi connectivity index (χ0) is 12.9. The van der Waals surface area contributed by atoms with Gasteiger partial charge < -0.3 is 10.4 Å². The molecule has 0 aliphatic heterocycles. The fourth-order valence-corrected chi connectivity index (χ4v) is 1.57. The number of carboxylic acid groups (broad SMARTS) is 1. The topological polar surface area (TPSA) is 49.3 Å². The molecule has 0 radical (unpaired) electrons. The van der Waals surface area contributed by atoms with Crippen LogP contribution in [0.5, 0.6) is 0 Å². The molecule has 1 atom stereocenters. The summed E-state index contributed by atoms with van der Waals surface area (Å²) in [6.07, 6.45) is -0.0465. The number of hydrogen-bond acceptors (Lipinski definition) is 2. The molecule has 17 heavy (non-hydrogen) atoms. The Morgan fingerprint density at radius 3 is 2.47 bits per heavy atom. The van der Waals surface area contributed by atoms with Crippen molar-refractivity contribution in [1.82, 2.24) is 5.32 Å². The lowest BCUT2D eigenvalue weighted by Crippen LogP contribution is -2.40. The van der Waals surface area contributed by atoms with Crippen molar-refractivity contribution >= 4 is 5.97 Å². The van der Waals surface area contributed by atoms with Crippen LogP contribution in [0.2, 0.25) is 0 Å². The average Bonchev–Trinajstić information content (AvgIpc) is 2.24. The molecule has 0 spiro atoms. The molecule has 0 aromatic heterocycles. The Labute approximate surface area is 101 Å². The molecular weight excluding hydrogens is 221 g/mol. The summed E-state index contributed by atoms with van der Waals surface area (Å²) < 4.78 is 13.4. The predicted octanol–water partition coefficient (Wildman–Crippen LogP) is 2.37. The lowest BCUT2D eigenvalue weighted by atomic mass is 10.0. The Hall–Kier alpha value is -1.42. The summed E-state index contributed by atoms with van der Waals surface area (Å²) in [4.78, 5) is 11.0. The third-order valence-electron chi connectivity index (χ3n) is 2.38. The lowest BCUT2D eigenvalue weighted by molar-refractivity contribution is -0.140. The molecule has 0 saturated heterocycles. The lowest BCUT2D eigenvalue weighted by Gasteiger charge is -2.21. The van der Waals surface area contributed by atoms with Crippen molar-refractivity contribution < 1.29 is 14.3 Å². The molecule has 0 aliphatic carbocycles. The Bertz CT molecular complexity index is 359. The maximum atomic E-state index is 13.4. The van der Waals surface area contributed by atoms with Gasteiger partial charge in [-0.1, -0.05) is 30.3 Å². The van der Waals surface area contributed by atoms with Crippen LogP contribution in [0, 0.1) is 0 Å². The van der Waals surface area contributed by atoms with Gasteiger partial charge in [0, 0.05) is 13.0 Å². The van der Waals surface area contributed by atoms with Gasteiger partial charge >= 0.3 is 5.97 Å². The second-order valence-corrected chi connectivity index (χ2v) is 4.68. The molecule has 0 amide bonds. The van der Waals surface area contributed by atoms with Crippen molar-refractivity contribution in [2.75, 3.05) is 0 Å². The van der Waals surface area contributed by atoms with Crippen LogP contribution in [-0.4, -0.2) is 22.8 Å². The number of aliphatic carboxylic acids is 1. The van der Waals surface area contributed by atoms with Gasteiger partial charge in [-0.25, -0.2) is 4.39 Å². The monoisotopic (exact) mass is 239 g/mol. The molecule has 94 valence electrons. The van der Waals surface area contributed by atoms with Crippen molar-refractivity contribution in [3.8, 4) is 0 Å². The molecule has 1 rings (SSSR count). The first kappa shape index (κ1) is 13.6. The van der Waals surface area contributed by atoms with Crippen LogP contribution in [0.1, 0.15) is 25.8 Å². The Morgan fingerprint density at radius 2 is 2.00 bits per heavy atom. The highest BCUT2D eigenvalue weighted by Gasteiger charge is 2.26. The van der Waals surface area contributed by atoms with Crippen molar-refractivity contribution in [1.29, 1.82) is 0 Å². The van der Waals surface area contributed by atoms with Crippen LogP contribution in [-0.2, 0) is 11.3 Å². The quantitative estimate of drug-likeness (QED) is 0.801. The van der Waals surface area contributed by atoms with Crippen molar-refractivity contribution in [2.24, 2.45) is 0 Å². The molecular formula is C13H18FNO2. The first-order chi connectivity index (χ1) is 7.88. The molecule has 0 bridgehead atoms. The summed E-state index contributed by atoms with van der Waals surface area (Å²) in [5.74, 6) is -1.02. The number of carboxylic acids is 1. The zero-order valence-electron chi connectivity index (χ0n) is 10.1. The number of nitrogens with one attached hydrogen (secondary N) is 1. The minimum Gasteiger partial charge on any atom is -0.480 e. The number of benzene rings is 1. The maximum Gasteiger partial charge on any atom is 0.320 e. The van der Waals surface area contributed by atoms with Crippen LogP contribution < -0.4 is 5.32 Å². The third-order valence-corrected chi connectivity index (χ3v) is 2.38. The number of hydrogen-bond donors (Lipinski definition) is 2. The first-order valence-corrected chi connectivity index (χ1v) is 5.57. The molecule has 1 aromatic carbocycles. The predicted molar refractivity (Wildman–Crippen MR) is 64.5 cm³/mol. The minimum absolute atomic E-state index is 0.0465. The van der Waals surface area contributed by atoms with E-state index in [1.807, 2.05) is 30.3 Å². The molecule has 0 unspecified atom stereocenters. The van der Waals surface area contributed by atoms with Gasteiger partial charge in [0.15, 0.2) is 0 Å². The first-order valence-electron chi connectivity index (χ1n) is 5.57. The molecule has 3 nitrogen and oxygen atoms in total. The van der Waals surface area contributed by atoms with Crippen LogP contribution in [0.4, 0.5) is 4.39 Å². The van der Waals surface area contributed by atoms with Gasteiger partial charge in [-0.2, -0.15) is 0 Å². The van der Waals surface area contributed by atoms with Crippen LogP contribution in [0.3, 0.4) is 0 Å². The van der Waals surface area contributed by atoms with Crippen LogP contribution in [0.25, 0.3) is 0 Å². The SMILES string of the molecule is CC(C)(F)C[C@H](NCc1ccccc1)C(=O)O. The average molecular weight is 239 g/mol. The maximum absolute atomic E-state index is 13.4. The molecule has 0 aliphatic rings. The van der Waals surface area contributed by atoms with Gasteiger partial charge in [0.25, 0.3) is 0 Å². The van der Waals surface area contributed by atoms with E-state index in [0.29, 0.717) is 6.54 Å². The summed E-state index contributed by atoms with van der Waals surface area (Å²) >= 11 is 0. The van der Waals surface area contributed by atoms with Crippen molar-refractivity contribution in [3.63, 3.8) is 0 Å². The summed E-state index contributed by atoms with van der Waals surface area (Å²) in [6.45, 7) is 3.19. The fourth-order valence-electron chi connectivity index (χ4n) is 1.57. The Balaban J connectivity index is 2.54. The van der Waals surface area contributed by atoms with E-state index >= 15 is 0 Å². The molecule has 0 saturated carbocycles. The highest BCUT2D eigenvalue weighted by molar-refractivity contribution is 5.73. The molecule has 1 aromatic rings. The summed E-state index contributed by atoms with van der Waals surface area (Å²) in [7, 11) is 0. The highest BCUT2D eigenvalue weighted by atomic mass is 19.1. The van der Waals surface area contributed by atoms with E-state index < -0.39 is 17.7 Å². The van der Waals surface area contributed by atoms with E-state index in [1.54, 1.807) is 0 Å². The van der Waals surface area contributed by atoms with Gasteiger partial charge in [-0.15, -0.1) is 0 Å². The minimum atomic E-state index is -1.49. The van der Waals surface area contributed by atoms with Crippen molar-refractivity contribution in [3.05, 3.63) is 35.9 Å². The number of alkyl halides is 1. The van der Waals surface area contributed by atoms with Gasteiger partial charge in [0.2, 0.25) is 0 Å². The van der Waals surface area contributed by atoms with Gasteiger partial charge in [-0.05, 0) is 19.4 Å². The van der Waals surface area contributed by atoms with E-state index in [9.17, 15) is 9.18 Å². The highest BCUT2D eigenvalue weighted by Crippen LogP contribution is 2.16. The number of halogens is 1. The Kier molecular flexibility index (Phi) is 4.63. The van der Waals surface area contributed by atoms with Crippen molar-refractivity contribution in [2.45, 2.75) is 38.5 Å². The summed E-state index contributed by atoms with van der Waals surface area (Å²) in [5.41, 5.74) is -0.511. The zero-order valence-corrected chi connectivity index (χ0v) is 10.1. The van der Waals surface area contributed by atoms with Gasteiger partial charge in [0.1, 0.15) is 11.7 Å². The van der Waals surface area contributed by atoms with E-state index in [0.717, 1.165) is 5.56 Å². The van der Waals surface area contributed by atoms with Crippen LogP contribution in [0.15, 0.2) is 30.3 Å².